The van der Waals surface area contributed by atoms with Crippen molar-refractivity contribution in [3.8, 4) is 6.07 Å². The summed E-state index contributed by atoms with van der Waals surface area (Å²) >= 11 is 0. The zero-order valence-electron chi connectivity index (χ0n) is 12.3. The van der Waals surface area contributed by atoms with E-state index in [0.717, 1.165) is 0 Å². The number of ether oxygens (including phenoxy) is 1. The Labute approximate surface area is 124 Å². The smallest absolute Gasteiger partial charge is 0.248 e. The summed E-state index contributed by atoms with van der Waals surface area (Å²) in [7, 11) is 0. The van der Waals surface area contributed by atoms with Crippen molar-refractivity contribution in [2.75, 3.05) is 19.8 Å². The van der Waals surface area contributed by atoms with Crippen LogP contribution in [0.4, 0.5) is 8.78 Å². The molecule has 1 atom stereocenters. The zero-order chi connectivity index (χ0) is 15.3. The van der Waals surface area contributed by atoms with Crippen molar-refractivity contribution in [1.29, 1.82) is 5.26 Å². The number of rotatable bonds is 5. The van der Waals surface area contributed by atoms with Crippen molar-refractivity contribution in [1.82, 2.24) is 5.32 Å². The third-order valence-electron chi connectivity index (χ3n) is 4.67. The van der Waals surface area contributed by atoms with Gasteiger partial charge in [-0.1, -0.05) is 0 Å². The van der Waals surface area contributed by atoms with Gasteiger partial charge in [0.25, 0.3) is 0 Å². The summed E-state index contributed by atoms with van der Waals surface area (Å²) in [5.74, 6) is -2.52. The van der Waals surface area contributed by atoms with Crippen LogP contribution >= 0.6 is 0 Å². The summed E-state index contributed by atoms with van der Waals surface area (Å²) in [4.78, 5) is 0. The lowest BCUT2D eigenvalue weighted by Gasteiger charge is -2.33. The molecule has 1 saturated carbocycles. The van der Waals surface area contributed by atoms with E-state index in [4.69, 9.17) is 4.74 Å². The monoisotopic (exact) mass is 302 g/mol. The van der Waals surface area contributed by atoms with E-state index in [2.05, 4.69) is 11.4 Å². The number of nitrogens with zero attached hydrogens (tertiary/aromatic N) is 1. The van der Waals surface area contributed by atoms with Crippen LogP contribution in [0, 0.1) is 16.7 Å². The van der Waals surface area contributed by atoms with Gasteiger partial charge in [-0.2, -0.15) is 5.26 Å². The van der Waals surface area contributed by atoms with Crippen LogP contribution in [0.15, 0.2) is 0 Å². The highest BCUT2D eigenvalue weighted by molar-refractivity contribution is 5.01. The van der Waals surface area contributed by atoms with Gasteiger partial charge in [0.15, 0.2) is 0 Å². The number of aliphatic hydroxyl groups is 1. The van der Waals surface area contributed by atoms with E-state index in [0.29, 0.717) is 51.9 Å². The molecule has 4 nitrogen and oxygen atoms in total. The number of nitriles is 1. The fourth-order valence-corrected chi connectivity index (χ4v) is 3.19. The second-order valence-electron chi connectivity index (χ2n) is 6.40. The first kappa shape index (κ1) is 16.6. The summed E-state index contributed by atoms with van der Waals surface area (Å²) < 4.78 is 31.4. The Kier molecular flexibility index (Phi) is 5.53. The molecule has 2 aliphatic rings. The SMILES string of the molecule is N#CC1(CC(O)CNC2CCC(F)(F)CC2)CCOCC1. The quantitative estimate of drug-likeness (QED) is 0.817. The molecule has 1 aliphatic carbocycles. The lowest BCUT2D eigenvalue weighted by molar-refractivity contribution is -0.0414. The van der Waals surface area contributed by atoms with Gasteiger partial charge in [0, 0.05) is 38.6 Å². The Balaban J connectivity index is 1.72. The van der Waals surface area contributed by atoms with Crippen LogP contribution in [0.3, 0.4) is 0 Å². The van der Waals surface area contributed by atoms with E-state index in [-0.39, 0.29) is 18.9 Å². The summed E-state index contributed by atoms with van der Waals surface area (Å²) in [6.45, 7) is 1.48. The molecule has 0 aromatic rings. The standard InChI is InChI=1S/C15H24F2N2O2/c16-15(17)3-1-12(2-4-15)19-10-13(20)9-14(11-18)5-7-21-8-6-14/h12-13,19-20H,1-10H2. The van der Waals surface area contributed by atoms with E-state index in [9.17, 15) is 19.1 Å². The molecule has 0 amide bonds. The highest BCUT2D eigenvalue weighted by atomic mass is 19.3. The Morgan fingerprint density at radius 1 is 1.24 bits per heavy atom. The van der Waals surface area contributed by atoms with E-state index in [1.807, 2.05) is 0 Å². The molecule has 0 spiro atoms. The van der Waals surface area contributed by atoms with Crippen LogP contribution in [0.5, 0.6) is 0 Å². The molecule has 0 aromatic heterocycles. The molecule has 1 saturated heterocycles. The third kappa shape index (κ3) is 4.87. The van der Waals surface area contributed by atoms with E-state index in [1.165, 1.54) is 0 Å². The van der Waals surface area contributed by atoms with Crippen LogP contribution in [0.25, 0.3) is 0 Å². The molecule has 1 unspecified atom stereocenters. The molecule has 2 fully saturated rings. The predicted molar refractivity (Wildman–Crippen MR) is 73.9 cm³/mol. The van der Waals surface area contributed by atoms with Gasteiger partial charge in [0.1, 0.15) is 0 Å². The van der Waals surface area contributed by atoms with Crippen LogP contribution in [-0.2, 0) is 4.74 Å². The number of hydrogen-bond donors (Lipinski definition) is 2. The fraction of sp³-hybridized carbons (Fsp3) is 0.933. The van der Waals surface area contributed by atoms with Crippen molar-refractivity contribution in [2.45, 2.75) is 63.0 Å². The normalized spacial score (nSPS) is 27.0. The molecule has 0 bridgehead atoms. The second-order valence-corrected chi connectivity index (χ2v) is 6.40. The fourth-order valence-electron chi connectivity index (χ4n) is 3.19. The van der Waals surface area contributed by atoms with Gasteiger partial charge in [0.2, 0.25) is 5.92 Å². The lowest BCUT2D eigenvalue weighted by Crippen LogP contribution is -2.42. The molecule has 2 N–H and O–H groups in total. The molecule has 6 heteroatoms. The molecule has 2 rings (SSSR count). The third-order valence-corrected chi connectivity index (χ3v) is 4.67. The van der Waals surface area contributed by atoms with Gasteiger partial charge in [-0.15, -0.1) is 0 Å². The van der Waals surface area contributed by atoms with E-state index in [1.54, 1.807) is 0 Å². The molecule has 0 aromatic carbocycles. The van der Waals surface area contributed by atoms with Crippen LogP contribution in [0.1, 0.15) is 44.9 Å². The topological polar surface area (TPSA) is 65.3 Å². The Morgan fingerprint density at radius 3 is 2.43 bits per heavy atom. The summed E-state index contributed by atoms with van der Waals surface area (Å²) in [5.41, 5.74) is -0.501. The van der Waals surface area contributed by atoms with Crippen molar-refractivity contribution >= 4 is 0 Å². The van der Waals surface area contributed by atoms with E-state index < -0.39 is 17.4 Å². The van der Waals surface area contributed by atoms with E-state index >= 15 is 0 Å². The average molecular weight is 302 g/mol. The maximum absolute atomic E-state index is 13.1. The molecular weight excluding hydrogens is 278 g/mol. The van der Waals surface area contributed by atoms with Crippen LogP contribution in [-0.4, -0.2) is 42.9 Å². The van der Waals surface area contributed by atoms with Gasteiger partial charge in [-0.25, -0.2) is 8.78 Å². The van der Waals surface area contributed by atoms with Crippen molar-refractivity contribution in [3.05, 3.63) is 0 Å². The number of nitrogens with one attached hydrogen (secondary N) is 1. The largest absolute Gasteiger partial charge is 0.392 e. The number of halogens is 2. The first-order valence-electron chi connectivity index (χ1n) is 7.73. The lowest BCUT2D eigenvalue weighted by atomic mass is 9.77. The highest BCUT2D eigenvalue weighted by Crippen LogP contribution is 2.35. The molecule has 21 heavy (non-hydrogen) atoms. The van der Waals surface area contributed by atoms with Crippen molar-refractivity contribution < 1.29 is 18.6 Å². The minimum atomic E-state index is -2.52. The second kappa shape index (κ2) is 6.99. The Bertz CT molecular complexity index is 368. The molecule has 1 heterocycles. The number of alkyl halides is 2. The average Bonchev–Trinajstić information content (AvgIpc) is 2.47. The number of aliphatic hydroxyl groups excluding tert-OH is 1. The summed E-state index contributed by atoms with van der Waals surface area (Å²) in [6.07, 6.45) is 1.81. The number of hydrogen-bond acceptors (Lipinski definition) is 4. The molecule has 1 aliphatic heterocycles. The van der Waals surface area contributed by atoms with Gasteiger partial charge < -0.3 is 15.2 Å². The summed E-state index contributed by atoms with van der Waals surface area (Å²) in [5, 5.41) is 22.6. The first-order chi connectivity index (χ1) is 9.95. The Morgan fingerprint density at radius 2 is 1.86 bits per heavy atom. The van der Waals surface area contributed by atoms with Crippen LogP contribution in [0.2, 0.25) is 0 Å². The predicted octanol–water partition coefficient (Wildman–Crippen LogP) is 2.23. The molecule has 120 valence electrons. The summed E-state index contributed by atoms with van der Waals surface area (Å²) in [6, 6.07) is 2.38. The van der Waals surface area contributed by atoms with Gasteiger partial charge in [0.05, 0.1) is 17.6 Å². The maximum Gasteiger partial charge on any atom is 0.248 e. The zero-order valence-corrected chi connectivity index (χ0v) is 12.3. The van der Waals surface area contributed by atoms with Gasteiger partial charge >= 0.3 is 0 Å². The minimum absolute atomic E-state index is 0.0481. The Hall–Kier alpha value is -0.770. The molecule has 0 radical (unpaired) electrons. The maximum atomic E-state index is 13.1. The minimum Gasteiger partial charge on any atom is -0.392 e. The van der Waals surface area contributed by atoms with Crippen molar-refractivity contribution in [2.24, 2.45) is 5.41 Å². The molecular formula is C15H24F2N2O2. The van der Waals surface area contributed by atoms with Crippen molar-refractivity contribution in [3.63, 3.8) is 0 Å². The van der Waals surface area contributed by atoms with Gasteiger partial charge in [-0.3, -0.25) is 0 Å². The first-order valence-corrected chi connectivity index (χ1v) is 7.73. The highest BCUT2D eigenvalue weighted by Gasteiger charge is 2.36. The van der Waals surface area contributed by atoms with Crippen LogP contribution < -0.4 is 5.32 Å². The van der Waals surface area contributed by atoms with Gasteiger partial charge in [-0.05, 0) is 32.1 Å².